The van der Waals surface area contributed by atoms with Gasteiger partial charge in [0.25, 0.3) is 0 Å². The van der Waals surface area contributed by atoms with Gasteiger partial charge >= 0.3 is 0 Å². The van der Waals surface area contributed by atoms with Gasteiger partial charge in [-0.25, -0.2) is 4.98 Å². The number of aromatic nitrogens is 3. The van der Waals surface area contributed by atoms with Gasteiger partial charge in [-0.05, 0) is 36.2 Å². The molecule has 1 aliphatic heterocycles. The summed E-state index contributed by atoms with van der Waals surface area (Å²) in [4.78, 5) is 54.9. The zero-order chi connectivity index (χ0) is 28.6. The molecule has 0 amide bonds. The fourth-order valence-electron chi connectivity index (χ4n) is 7.08. The van der Waals surface area contributed by atoms with Gasteiger partial charge in [-0.1, -0.05) is 84.4 Å². The van der Waals surface area contributed by atoms with Gasteiger partial charge in [0, 0.05) is 40.2 Å². The van der Waals surface area contributed by atoms with E-state index in [2.05, 4.69) is 20.3 Å². The second-order valence-corrected chi connectivity index (χ2v) is 11.3. The first-order valence-corrected chi connectivity index (χ1v) is 14.1. The summed E-state index contributed by atoms with van der Waals surface area (Å²) in [6.45, 7) is 2.01. The maximum absolute atomic E-state index is 14.8. The molecular formula is C35H26N4O3. The zero-order valence-corrected chi connectivity index (χ0v) is 22.7. The average Bonchev–Trinajstić information content (AvgIpc) is 3.77. The third-order valence-electron chi connectivity index (χ3n) is 9.02. The Morgan fingerprint density at radius 2 is 1.43 bits per heavy atom. The van der Waals surface area contributed by atoms with Crippen molar-refractivity contribution in [1.82, 2.24) is 20.3 Å². The van der Waals surface area contributed by atoms with E-state index in [-0.39, 0.29) is 23.2 Å². The van der Waals surface area contributed by atoms with Crippen molar-refractivity contribution < 1.29 is 14.4 Å². The number of hydrogen-bond acceptors (Lipinski definition) is 5. The van der Waals surface area contributed by atoms with Crippen LogP contribution in [0, 0.1) is 12.8 Å². The molecule has 0 saturated carbocycles. The molecule has 4 aromatic carbocycles. The number of ketones is 3. The fourth-order valence-corrected chi connectivity index (χ4v) is 7.08. The number of nitrogens with zero attached hydrogens (tertiary/aromatic N) is 1. The number of H-pyrrole nitrogens is 2. The Morgan fingerprint density at radius 3 is 2.14 bits per heavy atom. The van der Waals surface area contributed by atoms with Crippen LogP contribution in [0.2, 0.25) is 0 Å². The van der Waals surface area contributed by atoms with E-state index >= 15 is 0 Å². The number of fused-ring (bicyclic) bond motifs is 3. The van der Waals surface area contributed by atoms with E-state index in [1.165, 1.54) is 0 Å². The predicted octanol–water partition coefficient (Wildman–Crippen LogP) is 6.10. The van der Waals surface area contributed by atoms with Crippen molar-refractivity contribution in [2.45, 2.75) is 24.4 Å². The van der Waals surface area contributed by atoms with Crippen molar-refractivity contribution in [2.24, 2.45) is 5.92 Å². The Bertz CT molecular complexity index is 2000. The molecule has 0 bridgehead atoms. The molecule has 1 aliphatic carbocycles. The van der Waals surface area contributed by atoms with Gasteiger partial charge in [-0.3, -0.25) is 19.7 Å². The average molecular weight is 551 g/mol. The van der Waals surface area contributed by atoms with Gasteiger partial charge in [0.15, 0.2) is 22.9 Å². The minimum atomic E-state index is -1.79. The Labute approximate surface area is 241 Å². The third-order valence-corrected chi connectivity index (χ3v) is 9.02. The number of hydrogen-bond donors (Lipinski definition) is 3. The first kappa shape index (κ1) is 24.6. The monoisotopic (exact) mass is 550 g/mol. The highest BCUT2D eigenvalue weighted by Gasteiger charge is 2.68. The number of imidazole rings is 1. The maximum Gasteiger partial charge on any atom is 0.204 e. The number of aryl methyl sites for hydroxylation is 1. The minimum absolute atomic E-state index is 0.135. The lowest BCUT2D eigenvalue weighted by Crippen LogP contribution is -2.57. The molecule has 3 N–H and O–H groups in total. The first-order chi connectivity index (χ1) is 20.5. The number of carbonyl (C=O) groups excluding carboxylic acids is 3. The van der Waals surface area contributed by atoms with Crippen LogP contribution in [0.3, 0.4) is 0 Å². The van der Waals surface area contributed by atoms with Crippen LogP contribution < -0.4 is 5.32 Å². The molecular weight excluding hydrogens is 524 g/mol. The number of aromatic amines is 2. The van der Waals surface area contributed by atoms with Crippen LogP contribution >= 0.6 is 0 Å². The highest BCUT2D eigenvalue weighted by Crippen LogP contribution is 2.55. The number of para-hydroxylation sites is 3. The van der Waals surface area contributed by atoms with Crippen LogP contribution in [0.1, 0.15) is 60.0 Å². The SMILES string of the molecule is Cc1ccc(C2C(c3c[nH]c4ccccc34)NC3(C(=O)c4ccccc4C3=O)C2C(=O)c2nc3ccccc3[nH]2)cc1. The lowest BCUT2D eigenvalue weighted by molar-refractivity contribution is 0.0653. The topological polar surface area (TPSA) is 108 Å². The number of rotatable bonds is 4. The molecule has 8 rings (SSSR count). The second kappa shape index (κ2) is 8.93. The Hall–Kier alpha value is -5.14. The molecule has 7 nitrogen and oxygen atoms in total. The molecule has 1 fully saturated rings. The fraction of sp³-hybridized carbons (Fsp3) is 0.143. The van der Waals surface area contributed by atoms with Gasteiger partial charge in [-0.2, -0.15) is 0 Å². The maximum atomic E-state index is 14.8. The first-order valence-electron chi connectivity index (χ1n) is 14.1. The van der Waals surface area contributed by atoms with Crippen molar-refractivity contribution >= 4 is 39.3 Å². The van der Waals surface area contributed by atoms with Gasteiger partial charge in [0.05, 0.1) is 17.0 Å². The number of benzene rings is 4. The van der Waals surface area contributed by atoms with Crippen molar-refractivity contribution in [3.05, 3.63) is 137 Å². The summed E-state index contributed by atoms with van der Waals surface area (Å²) in [5.41, 5.74) is 4.01. The molecule has 42 heavy (non-hydrogen) atoms. The van der Waals surface area contributed by atoms with Crippen molar-refractivity contribution in [2.75, 3.05) is 0 Å². The lowest BCUT2D eigenvalue weighted by atomic mass is 9.70. The van der Waals surface area contributed by atoms with Crippen LogP contribution in [0.25, 0.3) is 21.9 Å². The van der Waals surface area contributed by atoms with E-state index < -0.39 is 23.4 Å². The number of carbonyl (C=O) groups is 3. The van der Waals surface area contributed by atoms with Crippen LogP contribution in [0.15, 0.2) is 103 Å². The summed E-state index contributed by atoms with van der Waals surface area (Å²) >= 11 is 0. The molecule has 3 unspecified atom stereocenters. The second-order valence-electron chi connectivity index (χ2n) is 11.3. The van der Waals surface area contributed by atoms with Gasteiger partial charge in [0.1, 0.15) is 0 Å². The zero-order valence-electron chi connectivity index (χ0n) is 22.7. The summed E-state index contributed by atoms with van der Waals surface area (Å²) in [6, 6.07) is 29.7. The van der Waals surface area contributed by atoms with E-state index in [1.807, 2.05) is 85.9 Å². The molecule has 2 aliphatic rings. The summed E-state index contributed by atoms with van der Waals surface area (Å²) in [6.07, 6.45) is 1.92. The minimum Gasteiger partial charge on any atom is -0.361 e. The standard InChI is InChI=1S/C35H26N4O3/c1-19-14-16-20(17-15-19)28-29(31(40)34-37-26-12-6-7-13-27(26)38-34)35(32(41)22-9-2-3-10-23(22)33(35)42)39-30(28)24-18-36-25-11-5-4-8-21(24)25/h2-18,28-30,36,39H,1H3,(H,37,38). The molecule has 6 aromatic rings. The highest BCUT2D eigenvalue weighted by molar-refractivity contribution is 6.35. The van der Waals surface area contributed by atoms with Gasteiger partial charge in [-0.15, -0.1) is 0 Å². The van der Waals surface area contributed by atoms with E-state index in [9.17, 15) is 14.4 Å². The molecule has 1 saturated heterocycles. The van der Waals surface area contributed by atoms with E-state index in [0.29, 0.717) is 22.2 Å². The Morgan fingerprint density at radius 1 is 0.786 bits per heavy atom. The van der Waals surface area contributed by atoms with Crippen LogP contribution in [-0.4, -0.2) is 37.8 Å². The summed E-state index contributed by atoms with van der Waals surface area (Å²) in [5, 5.41) is 4.49. The summed E-state index contributed by atoms with van der Waals surface area (Å²) in [5.74, 6) is -2.61. The number of Topliss-reactive ketones (excluding diaryl/α,β-unsaturated/α-hetero) is 3. The van der Waals surface area contributed by atoms with Crippen LogP contribution in [-0.2, 0) is 0 Å². The van der Waals surface area contributed by atoms with E-state index in [0.717, 1.165) is 27.6 Å². The molecule has 3 heterocycles. The largest absolute Gasteiger partial charge is 0.361 e. The molecule has 0 radical (unpaired) electrons. The Kier molecular flexibility index (Phi) is 5.24. The smallest absolute Gasteiger partial charge is 0.204 e. The molecule has 3 atom stereocenters. The third kappa shape index (κ3) is 3.31. The quantitative estimate of drug-likeness (QED) is 0.182. The molecule has 204 valence electrons. The highest BCUT2D eigenvalue weighted by atomic mass is 16.2. The molecule has 2 aromatic heterocycles. The van der Waals surface area contributed by atoms with E-state index in [1.54, 1.807) is 24.3 Å². The molecule has 7 heteroatoms. The lowest BCUT2D eigenvalue weighted by Gasteiger charge is -2.29. The van der Waals surface area contributed by atoms with Crippen molar-refractivity contribution in [1.29, 1.82) is 0 Å². The summed E-state index contributed by atoms with van der Waals surface area (Å²) in [7, 11) is 0. The summed E-state index contributed by atoms with van der Waals surface area (Å²) < 4.78 is 0. The van der Waals surface area contributed by atoms with Gasteiger partial charge < -0.3 is 9.97 Å². The van der Waals surface area contributed by atoms with E-state index in [4.69, 9.17) is 0 Å². The number of nitrogens with one attached hydrogen (secondary N) is 3. The van der Waals surface area contributed by atoms with Crippen LogP contribution in [0.4, 0.5) is 0 Å². The normalized spacial score (nSPS) is 21.0. The van der Waals surface area contributed by atoms with Gasteiger partial charge in [0.2, 0.25) is 5.78 Å². The van der Waals surface area contributed by atoms with Crippen molar-refractivity contribution in [3.8, 4) is 0 Å². The Balaban J connectivity index is 1.40. The van der Waals surface area contributed by atoms with Crippen LogP contribution in [0.5, 0.6) is 0 Å². The predicted molar refractivity (Wildman–Crippen MR) is 160 cm³/mol. The molecule has 1 spiro atoms. The van der Waals surface area contributed by atoms with Crippen molar-refractivity contribution in [3.63, 3.8) is 0 Å².